The predicted octanol–water partition coefficient (Wildman–Crippen LogP) is 2.89. The predicted molar refractivity (Wildman–Crippen MR) is 65.4 cm³/mol. The molecule has 19 heavy (non-hydrogen) atoms. The quantitative estimate of drug-likeness (QED) is 0.748. The number of methoxy groups -OCH3 is 1. The van der Waals surface area contributed by atoms with Crippen LogP contribution in [0.15, 0.2) is 18.2 Å². The molecule has 0 aliphatic heterocycles. The molecule has 0 aliphatic rings. The fourth-order valence-corrected chi connectivity index (χ4v) is 1.68. The largest absolute Gasteiger partial charge is 0.496 e. The molecule has 0 radical (unpaired) electrons. The smallest absolute Gasteiger partial charge is 0.390 e. The van der Waals surface area contributed by atoms with E-state index in [2.05, 4.69) is 0 Å². The molecule has 0 saturated carbocycles. The molecule has 0 heterocycles. The number of nitrogens with zero attached hydrogens (tertiary/aromatic N) is 1. The summed E-state index contributed by atoms with van der Waals surface area (Å²) in [7, 11) is 3.08. The average Bonchev–Trinajstić information content (AvgIpc) is 2.35. The van der Waals surface area contributed by atoms with Gasteiger partial charge in [0.15, 0.2) is 0 Å². The van der Waals surface area contributed by atoms with Crippen molar-refractivity contribution in [1.82, 2.24) is 4.90 Å². The van der Waals surface area contributed by atoms with E-state index in [1.54, 1.807) is 30.1 Å². The third-order valence-electron chi connectivity index (χ3n) is 2.66. The van der Waals surface area contributed by atoms with Gasteiger partial charge in [0.05, 0.1) is 13.5 Å². The van der Waals surface area contributed by atoms with Crippen LogP contribution in [0.3, 0.4) is 0 Å². The van der Waals surface area contributed by atoms with Gasteiger partial charge in [0.2, 0.25) is 0 Å². The number of hydrogen-bond donors (Lipinski definition) is 0. The van der Waals surface area contributed by atoms with Crippen LogP contribution in [-0.4, -0.2) is 38.1 Å². The Kier molecular flexibility index (Phi) is 5.35. The molecule has 0 aromatic heterocycles. The lowest BCUT2D eigenvalue weighted by atomic mass is 10.1. The van der Waals surface area contributed by atoms with Gasteiger partial charge in [-0.2, -0.15) is 13.2 Å². The normalized spacial score (nSPS) is 11.7. The fraction of sp³-hybridized carbons (Fsp3) is 0.462. The summed E-state index contributed by atoms with van der Waals surface area (Å²) in [6.45, 7) is 0.193. The Bertz CT molecular complexity index is 432. The van der Waals surface area contributed by atoms with Gasteiger partial charge in [-0.3, -0.25) is 4.79 Å². The van der Waals surface area contributed by atoms with E-state index in [0.29, 0.717) is 29.7 Å². The molecule has 0 amide bonds. The molecule has 0 fully saturated rings. The molecule has 1 aromatic rings. The van der Waals surface area contributed by atoms with E-state index in [9.17, 15) is 18.0 Å². The molecular weight excluding hydrogens is 259 g/mol. The lowest BCUT2D eigenvalue weighted by Crippen LogP contribution is -2.24. The van der Waals surface area contributed by atoms with E-state index < -0.39 is 12.6 Å². The fourth-order valence-electron chi connectivity index (χ4n) is 1.68. The maximum atomic E-state index is 12.1. The highest BCUT2D eigenvalue weighted by atomic mass is 19.4. The van der Waals surface area contributed by atoms with E-state index in [4.69, 9.17) is 4.74 Å². The number of rotatable bonds is 6. The van der Waals surface area contributed by atoms with Crippen molar-refractivity contribution in [2.24, 2.45) is 0 Å². The van der Waals surface area contributed by atoms with Crippen molar-refractivity contribution in [2.45, 2.75) is 19.1 Å². The SMILES string of the molecule is COc1ccc(C=O)cc1CN(C)CCC(F)(F)F. The van der Waals surface area contributed by atoms with Crippen molar-refractivity contribution in [3.63, 3.8) is 0 Å². The van der Waals surface area contributed by atoms with Crippen LogP contribution in [-0.2, 0) is 6.54 Å². The number of carbonyl (C=O) groups excluding carboxylic acids is 1. The van der Waals surface area contributed by atoms with Crippen molar-refractivity contribution < 1.29 is 22.7 Å². The molecule has 1 rings (SSSR count). The second-order valence-electron chi connectivity index (χ2n) is 4.29. The van der Waals surface area contributed by atoms with Gasteiger partial charge in [-0.1, -0.05) is 0 Å². The molecule has 0 aliphatic carbocycles. The summed E-state index contributed by atoms with van der Waals surface area (Å²) < 4.78 is 41.5. The van der Waals surface area contributed by atoms with E-state index in [1.807, 2.05) is 0 Å². The molecule has 106 valence electrons. The minimum absolute atomic E-state index is 0.0992. The molecule has 0 N–H and O–H groups in total. The van der Waals surface area contributed by atoms with E-state index in [0.717, 1.165) is 0 Å². The molecule has 0 spiro atoms. The van der Waals surface area contributed by atoms with E-state index in [-0.39, 0.29) is 6.54 Å². The third kappa shape index (κ3) is 5.30. The second-order valence-corrected chi connectivity index (χ2v) is 4.29. The number of alkyl halides is 3. The first-order valence-electron chi connectivity index (χ1n) is 5.73. The minimum atomic E-state index is -4.16. The summed E-state index contributed by atoms with van der Waals surface area (Å²) in [5.41, 5.74) is 1.16. The number of hydrogen-bond acceptors (Lipinski definition) is 3. The summed E-state index contributed by atoms with van der Waals surface area (Å²) in [5, 5.41) is 0. The Morgan fingerprint density at radius 3 is 2.58 bits per heavy atom. The van der Waals surface area contributed by atoms with Gasteiger partial charge in [-0.25, -0.2) is 0 Å². The highest BCUT2D eigenvalue weighted by molar-refractivity contribution is 5.75. The molecule has 0 unspecified atom stereocenters. The van der Waals surface area contributed by atoms with Gasteiger partial charge >= 0.3 is 6.18 Å². The zero-order valence-electron chi connectivity index (χ0n) is 10.8. The van der Waals surface area contributed by atoms with Crippen LogP contribution in [0.25, 0.3) is 0 Å². The Labute approximate surface area is 110 Å². The van der Waals surface area contributed by atoms with Gasteiger partial charge in [0, 0.05) is 24.2 Å². The number of benzene rings is 1. The maximum Gasteiger partial charge on any atom is 0.390 e. The zero-order chi connectivity index (χ0) is 14.5. The van der Waals surface area contributed by atoms with Crippen LogP contribution in [0.1, 0.15) is 22.3 Å². The molecule has 1 aromatic carbocycles. The summed E-state index contributed by atoms with van der Waals surface area (Å²) in [6, 6.07) is 4.86. The van der Waals surface area contributed by atoms with Crippen LogP contribution in [0.4, 0.5) is 13.2 Å². The first-order chi connectivity index (χ1) is 8.85. The van der Waals surface area contributed by atoms with Crippen LogP contribution in [0, 0.1) is 0 Å². The van der Waals surface area contributed by atoms with Gasteiger partial charge in [0.25, 0.3) is 0 Å². The Hall–Kier alpha value is -1.56. The monoisotopic (exact) mass is 275 g/mol. The number of ether oxygens (including phenoxy) is 1. The van der Waals surface area contributed by atoms with E-state index >= 15 is 0 Å². The Morgan fingerprint density at radius 1 is 1.37 bits per heavy atom. The zero-order valence-corrected chi connectivity index (χ0v) is 10.8. The summed E-state index contributed by atoms with van der Waals surface area (Å²) in [5.74, 6) is 0.560. The van der Waals surface area contributed by atoms with Gasteiger partial charge in [-0.15, -0.1) is 0 Å². The van der Waals surface area contributed by atoms with Crippen LogP contribution >= 0.6 is 0 Å². The standard InChI is InChI=1S/C13H16F3NO2/c1-17(6-5-13(14,15)16)8-11-7-10(9-18)3-4-12(11)19-2/h3-4,7,9H,5-6,8H2,1-2H3. The molecule has 0 saturated heterocycles. The highest BCUT2D eigenvalue weighted by Crippen LogP contribution is 2.23. The van der Waals surface area contributed by atoms with Gasteiger partial charge < -0.3 is 9.64 Å². The van der Waals surface area contributed by atoms with Crippen molar-refractivity contribution in [3.8, 4) is 5.75 Å². The molecule has 6 heteroatoms. The average molecular weight is 275 g/mol. The number of aldehydes is 1. The van der Waals surface area contributed by atoms with Crippen molar-refractivity contribution >= 4 is 6.29 Å². The Morgan fingerprint density at radius 2 is 2.05 bits per heavy atom. The number of carbonyl (C=O) groups is 1. The van der Waals surface area contributed by atoms with Crippen molar-refractivity contribution in [3.05, 3.63) is 29.3 Å². The van der Waals surface area contributed by atoms with Crippen LogP contribution < -0.4 is 4.74 Å². The first kappa shape index (κ1) is 15.5. The molecule has 0 atom stereocenters. The van der Waals surface area contributed by atoms with Crippen molar-refractivity contribution in [1.29, 1.82) is 0 Å². The van der Waals surface area contributed by atoms with Crippen LogP contribution in [0.5, 0.6) is 5.75 Å². The Balaban J connectivity index is 2.71. The van der Waals surface area contributed by atoms with E-state index in [1.165, 1.54) is 7.11 Å². The summed E-state index contributed by atoms with van der Waals surface area (Å²) in [6.07, 6.45) is -4.33. The highest BCUT2D eigenvalue weighted by Gasteiger charge is 2.27. The molecular formula is C13H16F3NO2. The first-order valence-corrected chi connectivity index (χ1v) is 5.73. The number of halogens is 3. The van der Waals surface area contributed by atoms with Crippen molar-refractivity contribution in [2.75, 3.05) is 20.7 Å². The lowest BCUT2D eigenvalue weighted by Gasteiger charge is -2.19. The third-order valence-corrected chi connectivity index (χ3v) is 2.66. The molecule has 0 bridgehead atoms. The van der Waals surface area contributed by atoms with Crippen LogP contribution in [0.2, 0.25) is 0 Å². The lowest BCUT2D eigenvalue weighted by molar-refractivity contribution is -0.137. The van der Waals surface area contributed by atoms with Gasteiger partial charge in [0.1, 0.15) is 12.0 Å². The topological polar surface area (TPSA) is 29.5 Å². The summed E-state index contributed by atoms with van der Waals surface area (Å²) >= 11 is 0. The molecule has 3 nitrogen and oxygen atoms in total. The summed E-state index contributed by atoms with van der Waals surface area (Å²) in [4.78, 5) is 12.2. The maximum absolute atomic E-state index is 12.1. The van der Waals surface area contributed by atoms with Gasteiger partial charge in [-0.05, 0) is 25.2 Å². The minimum Gasteiger partial charge on any atom is -0.496 e. The second kappa shape index (κ2) is 6.56.